The molecule has 2 aromatic carbocycles. The lowest BCUT2D eigenvalue weighted by molar-refractivity contribution is -0.136. The van der Waals surface area contributed by atoms with Gasteiger partial charge >= 0.3 is 5.97 Å². The van der Waals surface area contributed by atoms with Crippen molar-refractivity contribution in [2.24, 2.45) is 0 Å². The molecule has 3 rings (SSSR count). The fourth-order valence-corrected chi connectivity index (χ4v) is 3.64. The second-order valence-corrected chi connectivity index (χ2v) is 8.14. The van der Waals surface area contributed by atoms with E-state index in [4.69, 9.17) is 9.26 Å². The molecule has 0 aliphatic carbocycles. The van der Waals surface area contributed by atoms with Gasteiger partial charge in [-0.25, -0.2) is 4.79 Å². The van der Waals surface area contributed by atoms with Crippen molar-refractivity contribution in [3.63, 3.8) is 0 Å². The van der Waals surface area contributed by atoms with Gasteiger partial charge in [-0.1, -0.05) is 17.3 Å². The smallest absolute Gasteiger partial charge is 0.354 e. The van der Waals surface area contributed by atoms with Crippen LogP contribution < -0.4 is 10.6 Å². The summed E-state index contributed by atoms with van der Waals surface area (Å²) in [5.74, 6) is -1.09. The fourth-order valence-electron chi connectivity index (χ4n) is 3.08. The number of carbonyl (C=O) groups excluding carboxylic acids is 3. The van der Waals surface area contributed by atoms with Crippen LogP contribution in [-0.4, -0.2) is 35.2 Å². The normalized spacial score (nSPS) is 11.1. The number of aromatic nitrogens is 1. The summed E-state index contributed by atoms with van der Waals surface area (Å²) in [5, 5.41) is 18.7. The third-order valence-electron chi connectivity index (χ3n) is 4.87. The quantitative estimate of drug-likeness (QED) is 0.315. The van der Waals surface area contributed by atoms with Gasteiger partial charge in [-0.3, -0.25) is 9.59 Å². The first-order valence-corrected chi connectivity index (χ1v) is 10.9. The summed E-state index contributed by atoms with van der Waals surface area (Å²) < 4.78 is 10.2. The van der Waals surface area contributed by atoms with Crippen molar-refractivity contribution in [1.82, 2.24) is 15.8 Å². The Labute approximate surface area is 203 Å². The van der Waals surface area contributed by atoms with E-state index in [9.17, 15) is 19.5 Å². The predicted molar refractivity (Wildman–Crippen MR) is 127 cm³/mol. The number of nitrogens with zero attached hydrogens (tertiary/aromatic N) is 1. The maximum Gasteiger partial charge on any atom is 0.354 e. The van der Waals surface area contributed by atoms with Gasteiger partial charge in [0.25, 0.3) is 11.8 Å². The number of methoxy groups -OCH3 is 1. The number of aryl methyl sites for hydroxylation is 2. The van der Waals surface area contributed by atoms with E-state index in [2.05, 4.69) is 31.7 Å². The number of carbonyl (C=O) groups is 3. The summed E-state index contributed by atoms with van der Waals surface area (Å²) in [6, 6.07) is 11.0. The van der Waals surface area contributed by atoms with Crippen LogP contribution >= 0.6 is 15.9 Å². The molecule has 0 spiro atoms. The first-order chi connectivity index (χ1) is 16.2. The van der Waals surface area contributed by atoms with Crippen molar-refractivity contribution in [2.75, 3.05) is 7.11 Å². The average molecular weight is 528 g/mol. The zero-order valence-corrected chi connectivity index (χ0v) is 20.2. The minimum Gasteiger partial charge on any atom is -0.508 e. The molecule has 0 saturated heterocycles. The maximum atomic E-state index is 12.9. The molecule has 2 amide bonds. The number of halogens is 1. The Hall–Kier alpha value is -3.92. The molecular weight excluding hydrogens is 506 g/mol. The molecule has 1 aromatic heterocycles. The number of ether oxygens (including phenoxy) is 1. The van der Waals surface area contributed by atoms with Crippen molar-refractivity contribution >= 4 is 39.8 Å². The van der Waals surface area contributed by atoms with Gasteiger partial charge in [-0.05, 0) is 71.7 Å². The molecule has 0 radical (unpaired) electrons. The van der Waals surface area contributed by atoms with Crippen LogP contribution in [0.4, 0.5) is 0 Å². The first kappa shape index (κ1) is 24.7. The summed E-state index contributed by atoms with van der Waals surface area (Å²) >= 11 is 3.31. The van der Waals surface area contributed by atoms with Gasteiger partial charge in [0.05, 0.1) is 18.4 Å². The Morgan fingerprint density at radius 1 is 1.15 bits per heavy atom. The van der Waals surface area contributed by atoms with Crippen molar-refractivity contribution in [3.8, 4) is 5.75 Å². The molecule has 0 saturated carbocycles. The highest BCUT2D eigenvalue weighted by Gasteiger charge is 2.20. The van der Waals surface area contributed by atoms with E-state index in [-0.39, 0.29) is 29.5 Å². The first-order valence-electron chi connectivity index (χ1n) is 10.1. The van der Waals surface area contributed by atoms with Crippen LogP contribution in [0.2, 0.25) is 0 Å². The summed E-state index contributed by atoms with van der Waals surface area (Å²) in [5.41, 5.74) is 2.28. The highest BCUT2D eigenvalue weighted by Crippen LogP contribution is 2.21. The minimum atomic E-state index is -0.743. The predicted octanol–water partition coefficient (Wildman–Crippen LogP) is 3.63. The van der Waals surface area contributed by atoms with Gasteiger partial charge < -0.3 is 25.0 Å². The van der Waals surface area contributed by atoms with Crippen LogP contribution in [0.5, 0.6) is 5.75 Å². The van der Waals surface area contributed by atoms with Crippen LogP contribution in [0.15, 0.2) is 57.2 Å². The van der Waals surface area contributed by atoms with Gasteiger partial charge in [0.2, 0.25) is 0 Å². The number of aromatic hydroxyl groups is 1. The lowest BCUT2D eigenvalue weighted by Gasteiger charge is -2.11. The van der Waals surface area contributed by atoms with Gasteiger partial charge in [0.1, 0.15) is 17.2 Å². The Morgan fingerprint density at radius 3 is 2.53 bits per heavy atom. The summed E-state index contributed by atoms with van der Waals surface area (Å²) in [6.07, 6.45) is 1.43. The molecule has 0 unspecified atom stereocenters. The largest absolute Gasteiger partial charge is 0.508 e. The molecule has 34 heavy (non-hydrogen) atoms. The van der Waals surface area contributed by atoms with Crippen LogP contribution in [0.1, 0.15) is 43.3 Å². The number of hydrogen-bond acceptors (Lipinski definition) is 7. The minimum absolute atomic E-state index is 0.0956. The molecule has 176 valence electrons. The monoisotopic (exact) mass is 527 g/mol. The van der Waals surface area contributed by atoms with Crippen LogP contribution in [-0.2, 0) is 16.1 Å². The molecule has 0 aliphatic heterocycles. The molecule has 10 heteroatoms. The fraction of sp³-hybridized carbons (Fsp3) is 0.167. The van der Waals surface area contributed by atoms with E-state index in [1.165, 1.54) is 31.4 Å². The van der Waals surface area contributed by atoms with E-state index in [1.807, 2.05) is 0 Å². The second kappa shape index (κ2) is 10.8. The van der Waals surface area contributed by atoms with Crippen LogP contribution in [0.25, 0.3) is 6.08 Å². The maximum absolute atomic E-state index is 12.9. The number of phenolic OH excluding ortho intramolecular Hbond substituents is 1. The molecule has 0 atom stereocenters. The van der Waals surface area contributed by atoms with Gasteiger partial charge in [-0.2, -0.15) is 0 Å². The van der Waals surface area contributed by atoms with Gasteiger partial charge in [0, 0.05) is 22.1 Å². The van der Waals surface area contributed by atoms with E-state index in [1.54, 1.807) is 38.1 Å². The number of amides is 2. The number of phenols is 1. The molecule has 1 heterocycles. The molecule has 3 aromatic rings. The van der Waals surface area contributed by atoms with E-state index >= 15 is 0 Å². The number of benzene rings is 2. The zero-order valence-electron chi connectivity index (χ0n) is 18.6. The van der Waals surface area contributed by atoms with E-state index < -0.39 is 11.9 Å². The molecule has 3 N–H and O–H groups in total. The van der Waals surface area contributed by atoms with E-state index in [0.29, 0.717) is 27.1 Å². The summed E-state index contributed by atoms with van der Waals surface area (Å²) in [7, 11) is 1.20. The van der Waals surface area contributed by atoms with Crippen molar-refractivity contribution in [1.29, 1.82) is 0 Å². The lowest BCUT2D eigenvalue weighted by atomic mass is 10.1. The molecule has 0 fully saturated rings. The molecule has 9 nitrogen and oxygen atoms in total. The van der Waals surface area contributed by atoms with Crippen molar-refractivity contribution < 1.29 is 28.8 Å². The van der Waals surface area contributed by atoms with Gasteiger partial charge in [0.15, 0.2) is 0 Å². The number of rotatable bonds is 7. The topological polar surface area (TPSA) is 131 Å². The van der Waals surface area contributed by atoms with Gasteiger partial charge in [-0.15, -0.1) is 0 Å². The zero-order chi connectivity index (χ0) is 24.8. The standard InChI is InChI=1S/C24H22BrN3O6/c1-13-19(14(2)34-28-13)11-21(24(32)33-3)27-23(31)18-8-7-16(10-20(18)25)22(30)26-12-15-5-4-6-17(29)9-15/h4-11,29H,12H2,1-3H3,(H,26,30)(H,27,31)/b21-11-. The number of hydrogen-bond donors (Lipinski definition) is 3. The Kier molecular flexibility index (Phi) is 7.85. The Morgan fingerprint density at radius 2 is 1.91 bits per heavy atom. The van der Waals surface area contributed by atoms with E-state index in [0.717, 1.165) is 5.56 Å². The second-order valence-electron chi connectivity index (χ2n) is 7.29. The molecular formula is C24H22BrN3O6. The summed E-state index contributed by atoms with van der Waals surface area (Å²) in [6.45, 7) is 3.62. The Balaban J connectivity index is 1.75. The third kappa shape index (κ3) is 5.90. The molecule has 0 aliphatic rings. The highest BCUT2D eigenvalue weighted by atomic mass is 79.9. The lowest BCUT2D eigenvalue weighted by Crippen LogP contribution is -2.28. The van der Waals surface area contributed by atoms with Crippen molar-refractivity contribution in [3.05, 3.63) is 86.3 Å². The highest BCUT2D eigenvalue weighted by molar-refractivity contribution is 9.10. The SMILES string of the molecule is COC(=O)/C(=C/c1c(C)noc1C)NC(=O)c1ccc(C(=O)NCc2cccc(O)c2)cc1Br. The Bertz CT molecular complexity index is 1260. The summed E-state index contributed by atoms with van der Waals surface area (Å²) in [4.78, 5) is 37.6. The van der Waals surface area contributed by atoms with Crippen LogP contribution in [0, 0.1) is 13.8 Å². The van der Waals surface area contributed by atoms with Crippen molar-refractivity contribution in [2.45, 2.75) is 20.4 Å². The average Bonchev–Trinajstić information content (AvgIpc) is 3.13. The number of esters is 1. The van der Waals surface area contributed by atoms with Crippen LogP contribution in [0.3, 0.4) is 0 Å². The number of nitrogens with one attached hydrogen (secondary N) is 2. The third-order valence-corrected chi connectivity index (χ3v) is 5.53. The molecule has 0 bridgehead atoms.